The molecule has 1 aliphatic carbocycles. The zero-order chi connectivity index (χ0) is 13.9. The fourth-order valence-corrected chi connectivity index (χ4v) is 3.11. The number of rotatable bonds is 5. The van der Waals surface area contributed by atoms with Gasteiger partial charge < -0.3 is 4.90 Å². The van der Waals surface area contributed by atoms with Crippen molar-refractivity contribution in [1.29, 1.82) is 0 Å². The fraction of sp³-hybridized carbons (Fsp3) is 0.588. The Balaban J connectivity index is 1.49. The minimum Gasteiger partial charge on any atom is -0.300 e. The molecule has 0 amide bonds. The number of nitrogens with zero attached hydrogens (tertiary/aromatic N) is 2. The number of benzene rings is 1. The largest absolute Gasteiger partial charge is 0.300 e. The molecule has 0 aromatic heterocycles. The second kappa shape index (κ2) is 6.06. The summed E-state index contributed by atoms with van der Waals surface area (Å²) >= 11 is 0. The molecule has 1 saturated carbocycles. The maximum atomic E-state index is 12.4. The lowest BCUT2D eigenvalue weighted by molar-refractivity contribution is 0.0825. The molecule has 3 nitrogen and oxygen atoms in total. The first kappa shape index (κ1) is 13.8. The molecule has 1 aromatic rings. The van der Waals surface area contributed by atoms with Crippen molar-refractivity contribution < 1.29 is 4.79 Å². The van der Waals surface area contributed by atoms with Gasteiger partial charge in [0.1, 0.15) is 0 Å². The van der Waals surface area contributed by atoms with E-state index in [1.54, 1.807) is 0 Å². The van der Waals surface area contributed by atoms with Crippen molar-refractivity contribution in [1.82, 2.24) is 9.80 Å². The van der Waals surface area contributed by atoms with Crippen LogP contribution in [0.3, 0.4) is 0 Å². The molecule has 0 N–H and O–H groups in total. The first-order valence-electron chi connectivity index (χ1n) is 7.79. The van der Waals surface area contributed by atoms with Crippen LogP contribution in [-0.4, -0.2) is 54.3 Å². The second-order valence-corrected chi connectivity index (χ2v) is 6.20. The highest BCUT2D eigenvalue weighted by molar-refractivity contribution is 5.97. The van der Waals surface area contributed by atoms with Gasteiger partial charge in [0.05, 0.1) is 0 Å². The van der Waals surface area contributed by atoms with Crippen LogP contribution in [0.2, 0.25) is 0 Å². The van der Waals surface area contributed by atoms with Gasteiger partial charge in [-0.25, -0.2) is 0 Å². The van der Waals surface area contributed by atoms with E-state index in [-0.39, 0.29) is 11.7 Å². The van der Waals surface area contributed by atoms with Crippen LogP contribution in [0.5, 0.6) is 0 Å². The molecule has 1 aromatic carbocycles. The van der Waals surface area contributed by atoms with Gasteiger partial charge in [-0.2, -0.15) is 0 Å². The molecule has 1 unspecified atom stereocenters. The number of hydrogen-bond acceptors (Lipinski definition) is 3. The maximum absolute atomic E-state index is 12.4. The first-order chi connectivity index (χ1) is 9.74. The highest BCUT2D eigenvalue weighted by Gasteiger charge is 2.31. The fourth-order valence-electron chi connectivity index (χ4n) is 3.11. The summed E-state index contributed by atoms with van der Waals surface area (Å²) in [5.74, 6) is 0.361. The van der Waals surface area contributed by atoms with Gasteiger partial charge in [0.15, 0.2) is 5.78 Å². The van der Waals surface area contributed by atoms with E-state index < -0.39 is 0 Å². The van der Waals surface area contributed by atoms with Crippen LogP contribution in [-0.2, 0) is 0 Å². The standard InChI is InChI=1S/C17H24N2O/c1-14(17(20)15-5-3-2-4-6-15)13-18-9-11-19(12-10-18)16-7-8-16/h2-6,14,16H,7-13H2,1H3. The van der Waals surface area contributed by atoms with Crippen LogP contribution in [0, 0.1) is 5.92 Å². The number of hydrogen-bond donors (Lipinski definition) is 0. The van der Waals surface area contributed by atoms with E-state index in [9.17, 15) is 4.79 Å². The van der Waals surface area contributed by atoms with E-state index in [0.717, 1.165) is 31.2 Å². The first-order valence-corrected chi connectivity index (χ1v) is 7.79. The molecule has 2 aliphatic rings. The SMILES string of the molecule is CC(CN1CCN(C2CC2)CC1)C(=O)c1ccccc1. The summed E-state index contributed by atoms with van der Waals surface area (Å²) < 4.78 is 0. The highest BCUT2D eigenvalue weighted by atomic mass is 16.1. The van der Waals surface area contributed by atoms with Gasteiger partial charge in [-0.1, -0.05) is 37.3 Å². The summed E-state index contributed by atoms with van der Waals surface area (Å²) in [5.41, 5.74) is 0.844. The van der Waals surface area contributed by atoms with Gasteiger partial charge in [0.2, 0.25) is 0 Å². The van der Waals surface area contributed by atoms with Crippen LogP contribution in [0.4, 0.5) is 0 Å². The predicted molar refractivity (Wildman–Crippen MR) is 81.0 cm³/mol. The quantitative estimate of drug-likeness (QED) is 0.768. The molecule has 0 radical (unpaired) electrons. The average Bonchev–Trinajstić information content (AvgIpc) is 3.33. The van der Waals surface area contributed by atoms with E-state index in [4.69, 9.17) is 0 Å². The van der Waals surface area contributed by atoms with E-state index in [0.29, 0.717) is 0 Å². The minimum absolute atomic E-state index is 0.0878. The molecular formula is C17H24N2O. The van der Waals surface area contributed by atoms with Crippen LogP contribution >= 0.6 is 0 Å². The Labute approximate surface area is 121 Å². The third-order valence-corrected chi connectivity index (χ3v) is 4.51. The van der Waals surface area contributed by atoms with Crippen molar-refractivity contribution in [2.75, 3.05) is 32.7 Å². The summed E-state index contributed by atoms with van der Waals surface area (Å²) in [7, 11) is 0. The van der Waals surface area contributed by atoms with Crippen molar-refractivity contribution >= 4 is 5.78 Å². The van der Waals surface area contributed by atoms with Crippen molar-refractivity contribution in [3.8, 4) is 0 Å². The topological polar surface area (TPSA) is 23.6 Å². The molecule has 0 spiro atoms. The number of carbonyl (C=O) groups is 1. The third kappa shape index (κ3) is 3.28. The smallest absolute Gasteiger partial charge is 0.166 e. The predicted octanol–water partition coefficient (Wildman–Crippen LogP) is 2.29. The second-order valence-electron chi connectivity index (χ2n) is 6.20. The van der Waals surface area contributed by atoms with Crippen LogP contribution in [0.25, 0.3) is 0 Å². The Morgan fingerprint density at radius 1 is 1.15 bits per heavy atom. The van der Waals surface area contributed by atoms with Gasteiger partial charge >= 0.3 is 0 Å². The zero-order valence-electron chi connectivity index (χ0n) is 12.3. The van der Waals surface area contributed by atoms with Gasteiger partial charge in [-0.3, -0.25) is 9.69 Å². The van der Waals surface area contributed by atoms with Gasteiger partial charge in [-0.15, -0.1) is 0 Å². The Morgan fingerprint density at radius 2 is 1.80 bits per heavy atom. The van der Waals surface area contributed by atoms with E-state index in [1.807, 2.05) is 30.3 Å². The molecule has 108 valence electrons. The minimum atomic E-state index is 0.0878. The molecule has 1 atom stereocenters. The molecule has 20 heavy (non-hydrogen) atoms. The molecule has 1 saturated heterocycles. The summed E-state index contributed by atoms with van der Waals surface area (Å²) in [6, 6.07) is 10.6. The van der Waals surface area contributed by atoms with E-state index in [2.05, 4.69) is 16.7 Å². The number of carbonyl (C=O) groups excluding carboxylic acids is 1. The summed E-state index contributed by atoms with van der Waals surface area (Å²) in [4.78, 5) is 17.4. The van der Waals surface area contributed by atoms with Gasteiger partial charge in [-0.05, 0) is 12.8 Å². The van der Waals surface area contributed by atoms with Gasteiger partial charge in [0, 0.05) is 50.2 Å². The lowest BCUT2D eigenvalue weighted by atomic mass is 9.98. The molecular weight excluding hydrogens is 248 g/mol. The Morgan fingerprint density at radius 3 is 2.40 bits per heavy atom. The number of ketones is 1. The molecule has 1 heterocycles. The molecule has 0 bridgehead atoms. The number of Topliss-reactive ketones (excluding diaryl/α,β-unsaturated/α-hetero) is 1. The molecule has 1 aliphatic heterocycles. The molecule has 2 fully saturated rings. The van der Waals surface area contributed by atoms with Crippen molar-refractivity contribution in [2.24, 2.45) is 5.92 Å². The average molecular weight is 272 g/mol. The zero-order valence-corrected chi connectivity index (χ0v) is 12.3. The maximum Gasteiger partial charge on any atom is 0.166 e. The van der Waals surface area contributed by atoms with Gasteiger partial charge in [0.25, 0.3) is 0 Å². The van der Waals surface area contributed by atoms with Crippen molar-refractivity contribution in [3.63, 3.8) is 0 Å². The normalized spacial score (nSPS) is 22.6. The van der Waals surface area contributed by atoms with Crippen molar-refractivity contribution in [2.45, 2.75) is 25.8 Å². The van der Waals surface area contributed by atoms with E-state index >= 15 is 0 Å². The highest BCUT2D eigenvalue weighted by Crippen LogP contribution is 2.27. The van der Waals surface area contributed by atoms with Crippen LogP contribution in [0.15, 0.2) is 30.3 Å². The van der Waals surface area contributed by atoms with Crippen LogP contribution in [0.1, 0.15) is 30.1 Å². The van der Waals surface area contributed by atoms with E-state index in [1.165, 1.54) is 25.9 Å². The Hall–Kier alpha value is -1.19. The molecule has 3 rings (SSSR count). The summed E-state index contributed by atoms with van der Waals surface area (Å²) in [6.45, 7) is 7.54. The number of piperazine rings is 1. The third-order valence-electron chi connectivity index (χ3n) is 4.51. The monoisotopic (exact) mass is 272 g/mol. The Bertz CT molecular complexity index is 447. The summed E-state index contributed by atoms with van der Waals surface area (Å²) in [5, 5.41) is 0. The lowest BCUT2D eigenvalue weighted by Gasteiger charge is -2.35. The lowest BCUT2D eigenvalue weighted by Crippen LogP contribution is -2.48. The van der Waals surface area contributed by atoms with Crippen LogP contribution < -0.4 is 0 Å². The Kier molecular flexibility index (Phi) is 4.18. The molecule has 3 heteroatoms. The van der Waals surface area contributed by atoms with Crippen molar-refractivity contribution in [3.05, 3.63) is 35.9 Å². The summed E-state index contributed by atoms with van der Waals surface area (Å²) in [6.07, 6.45) is 2.78.